The molecule has 0 spiro atoms. The van der Waals surface area contributed by atoms with Crippen molar-refractivity contribution >= 4 is 43.6 Å². The minimum Gasteiger partial charge on any atom is -0.309 e. The van der Waals surface area contributed by atoms with Crippen LogP contribution in [0.1, 0.15) is 33.0 Å². The number of nitriles is 1. The molecule has 0 bridgehead atoms. The van der Waals surface area contributed by atoms with Crippen LogP contribution < -0.4 is 0 Å². The van der Waals surface area contributed by atoms with Crippen molar-refractivity contribution in [1.29, 1.82) is 5.26 Å². The van der Waals surface area contributed by atoms with E-state index in [4.69, 9.17) is 42.4 Å². The molecule has 10 aromatic rings. The minimum atomic E-state index is -0.764. The fourth-order valence-electron chi connectivity index (χ4n) is 6.33. The monoisotopic (exact) mass is 684 g/mol. The van der Waals surface area contributed by atoms with Crippen LogP contribution in [-0.2, 0) is 0 Å². The molecule has 6 nitrogen and oxygen atoms in total. The number of hydrogen-bond donors (Lipinski definition) is 0. The molecule has 0 N–H and O–H groups in total. The Morgan fingerprint density at radius 1 is 0.423 bits per heavy atom. The van der Waals surface area contributed by atoms with Gasteiger partial charge in [0.25, 0.3) is 0 Å². The van der Waals surface area contributed by atoms with Crippen LogP contribution in [0.2, 0.25) is 0 Å². The summed E-state index contributed by atoms with van der Waals surface area (Å²) in [5.41, 5.74) is -2.13. The fourth-order valence-corrected chi connectivity index (χ4v) is 6.33. The molecule has 0 fully saturated rings. The Balaban J connectivity index is 1.39. The molecule has 0 aliphatic heterocycles. The normalized spacial score (nSPS) is 16.8. The van der Waals surface area contributed by atoms with Gasteiger partial charge in [0.2, 0.25) is 0 Å². The Hall–Kier alpha value is -7.36. The molecule has 0 radical (unpaired) electrons. The maximum Gasteiger partial charge on any atom is 0.166 e. The topological polar surface area (TPSA) is 72.3 Å². The lowest BCUT2D eigenvalue weighted by Gasteiger charge is -2.16. The van der Waals surface area contributed by atoms with E-state index in [0.29, 0.717) is 0 Å². The molecule has 52 heavy (non-hydrogen) atoms. The van der Waals surface area contributed by atoms with Crippen molar-refractivity contribution in [2.45, 2.75) is 0 Å². The second-order valence-electron chi connectivity index (χ2n) is 11.3. The van der Waals surface area contributed by atoms with Crippen LogP contribution in [0.3, 0.4) is 0 Å². The first-order chi connectivity index (χ1) is 34.1. The first kappa shape index (κ1) is 15.7. The van der Waals surface area contributed by atoms with Crippen molar-refractivity contribution in [2.75, 3.05) is 0 Å². The number of hydrogen-bond acceptors (Lipinski definition) is 4. The summed E-state index contributed by atoms with van der Waals surface area (Å²) in [5, 5.41) is 9.53. The number of aromatic nitrogens is 5. The molecular weight excluding hydrogens is 637 g/mol. The Bertz CT molecular complexity index is 3820. The van der Waals surface area contributed by atoms with Crippen LogP contribution >= 0.6 is 0 Å². The molecular formula is C46H28N6. The van der Waals surface area contributed by atoms with Crippen LogP contribution in [0.5, 0.6) is 0 Å². The molecule has 10 rings (SSSR count). The summed E-state index contributed by atoms with van der Waals surface area (Å²) in [5.74, 6) is -1.18. The van der Waals surface area contributed by atoms with Crippen molar-refractivity contribution in [3.05, 3.63) is 175 Å². The minimum absolute atomic E-state index is 0.0158. The van der Waals surface area contributed by atoms with Gasteiger partial charge < -0.3 is 9.13 Å². The summed E-state index contributed by atoms with van der Waals surface area (Å²) in [7, 11) is 0. The highest BCUT2D eigenvalue weighted by Crippen LogP contribution is 2.38. The molecule has 7 aromatic carbocycles. The SMILES string of the molecule is [2H]c1c([2H])c([2H])c(-c2nc(-c3ccccc3-n3c4c([2H])c([2H])c([2H])c([2H])c4c4c([2H])c([2H])c([2H])c([2H])c43)nc(-c3ccccc3-n3c4c([2H])c([2H])c([2H])c([2H])c4c4c([2H])c([2H])c([2H])c([2H])c43)n2)c(C#N)c1[2H]. The molecule has 6 heteroatoms. The molecule has 3 aromatic heterocycles. The number of benzene rings is 7. The summed E-state index contributed by atoms with van der Waals surface area (Å²) in [4.78, 5) is 14.3. The summed E-state index contributed by atoms with van der Waals surface area (Å²) in [6.07, 6.45) is 0. The summed E-state index contributed by atoms with van der Waals surface area (Å²) in [6, 6.07) is 0.528. The zero-order valence-corrected chi connectivity index (χ0v) is 26.3. The first-order valence-electron chi connectivity index (χ1n) is 25.6. The predicted octanol–water partition coefficient (Wildman–Crippen LogP) is 10.9. The molecule has 0 amide bonds. The van der Waals surface area contributed by atoms with Crippen molar-refractivity contribution in [2.24, 2.45) is 0 Å². The van der Waals surface area contributed by atoms with E-state index in [2.05, 4.69) is 0 Å². The lowest BCUT2D eigenvalue weighted by atomic mass is 10.1. The van der Waals surface area contributed by atoms with Gasteiger partial charge in [0.1, 0.15) is 0 Å². The van der Waals surface area contributed by atoms with Crippen molar-refractivity contribution < 1.29 is 27.4 Å². The molecule has 0 saturated carbocycles. The van der Waals surface area contributed by atoms with Crippen LogP contribution in [0.4, 0.5) is 0 Å². The van der Waals surface area contributed by atoms with Crippen molar-refractivity contribution in [1.82, 2.24) is 24.1 Å². The third kappa shape index (κ3) is 4.54. The van der Waals surface area contributed by atoms with Crippen LogP contribution in [0.25, 0.3) is 89.2 Å². The highest BCUT2D eigenvalue weighted by Gasteiger charge is 2.22. The highest BCUT2D eigenvalue weighted by atomic mass is 15.1. The molecule has 0 unspecified atom stereocenters. The predicted molar refractivity (Wildman–Crippen MR) is 210 cm³/mol. The van der Waals surface area contributed by atoms with Gasteiger partial charge in [-0.25, -0.2) is 15.0 Å². The second-order valence-corrected chi connectivity index (χ2v) is 11.3. The van der Waals surface area contributed by atoms with Gasteiger partial charge in [0.05, 0.1) is 72.5 Å². The second kappa shape index (κ2) is 11.9. The van der Waals surface area contributed by atoms with Crippen molar-refractivity contribution in [3.63, 3.8) is 0 Å². The summed E-state index contributed by atoms with van der Waals surface area (Å²) in [6.45, 7) is 0. The molecule has 3 heterocycles. The van der Waals surface area contributed by atoms with E-state index >= 15 is 0 Å². The molecule has 0 aliphatic rings. The first-order valence-corrected chi connectivity index (χ1v) is 15.6. The number of rotatable bonds is 5. The van der Waals surface area contributed by atoms with Gasteiger partial charge in [0.15, 0.2) is 17.5 Å². The maximum atomic E-state index is 10.5. The zero-order valence-electron chi connectivity index (χ0n) is 46.3. The van der Waals surface area contributed by atoms with E-state index < -0.39 is 138 Å². The lowest BCUT2D eigenvalue weighted by Crippen LogP contribution is -2.05. The zero-order chi connectivity index (χ0) is 52.0. The van der Waals surface area contributed by atoms with E-state index in [1.54, 1.807) is 0 Å². The number of nitrogens with zero attached hydrogens (tertiary/aromatic N) is 6. The molecule has 242 valence electrons. The van der Waals surface area contributed by atoms with Gasteiger partial charge in [0, 0.05) is 38.2 Å². The summed E-state index contributed by atoms with van der Waals surface area (Å²) >= 11 is 0. The maximum absolute atomic E-state index is 10.5. The number of para-hydroxylation sites is 6. The van der Waals surface area contributed by atoms with E-state index in [1.807, 2.05) is 6.07 Å². The molecule has 0 aliphatic carbocycles. The van der Waals surface area contributed by atoms with Crippen molar-refractivity contribution in [3.8, 4) is 51.6 Å². The van der Waals surface area contributed by atoms with Crippen LogP contribution in [0, 0.1) is 11.3 Å². The summed E-state index contributed by atoms with van der Waals surface area (Å²) < 4.78 is 178. The van der Waals surface area contributed by atoms with Gasteiger partial charge in [-0.1, -0.05) is 109 Å². The van der Waals surface area contributed by atoms with E-state index in [9.17, 15) is 5.26 Å². The Labute approximate surface area is 327 Å². The fraction of sp³-hybridized carbons (Fsp3) is 0. The Kier molecular flexibility index (Phi) is 3.59. The third-order valence-electron chi connectivity index (χ3n) is 8.50. The average molecular weight is 685 g/mol. The Morgan fingerprint density at radius 2 is 0.769 bits per heavy atom. The van der Waals surface area contributed by atoms with Gasteiger partial charge in [-0.3, -0.25) is 0 Å². The van der Waals surface area contributed by atoms with Gasteiger partial charge in [-0.2, -0.15) is 5.26 Å². The van der Waals surface area contributed by atoms with Gasteiger partial charge >= 0.3 is 0 Å². The number of fused-ring (bicyclic) bond motifs is 6. The van der Waals surface area contributed by atoms with E-state index in [0.717, 1.165) is 0 Å². The molecule has 0 saturated heterocycles. The third-order valence-corrected chi connectivity index (χ3v) is 8.50. The molecule has 0 atom stereocenters. The van der Waals surface area contributed by atoms with Crippen LogP contribution in [0.15, 0.2) is 169 Å². The standard InChI is InChI=1S/C46H28N6/c47-29-30-15-1-2-16-31(30)44-48-45(36-21-7-13-27-42(36)51-38-23-9-3-17-32(38)33-18-4-10-24-39(33)51)50-46(49-44)37-22-8-14-28-43(37)52-40-25-11-5-19-34(40)35-20-6-12-26-41(35)52/h1-28H/i1D,2D,3D,4D,5D,6D,9D,10D,11D,12D,15D,16D,17D,18D,19D,20D,23D,24D,25D,26D. The smallest absolute Gasteiger partial charge is 0.166 e. The van der Waals surface area contributed by atoms with E-state index in [1.165, 1.54) is 57.7 Å². The van der Waals surface area contributed by atoms with Gasteiger partial charge in [-0.15, -0.1) is 0 Å². The Morgan fingerprint density at radius 3 is 1.19 bits per heavy atom. The lowest BCUT2D eigenvalue weighted by molar-refractivity contribution is 1.06. The van der Waals surface area contributed by atoms with Crippen LogP contribution in [-0.4, -0.2) is 24.1 Å². The van der Waals surface area contributed by atoms with E-state index in [-0.39, 0.29) is 77.8 Å². The quantitative estimate of drug-likeness (QED) is 0.181. The highest BCUT2D eigenvalue weighted by molar-refractivity contribution is 6.10. The van der Waals surface area contributed by atoms with Gasteiger partial charge in [-0.05, 0) is 60.5 Å². The average Bonchev–Trinajstić information content (AvgIpc) is 3.94. The largest absolute Gasteiger partial charge is 0.309 e.